The second-order valence-electron chi connectivity index (χ2n) is 5.45. The molecule has 0 nitrogen and oxygen atoms in total. The first-order chi connectivity index (χ1) is 7.74. The molecule has 1 heterocycles. The second kappa shape index (κ2) is 6.39. The summed E-state index contributed by atoms with van der Waals surface area (Å²) in [7, 11) is -0.948. The van der Waals surface area contributed by atoms with Gasteiger partial charge in [-0.25, -0.2) is 0 Å². The summed E-state index contributed by atoms with van der Waals surface area (Å²) in [6.45, 7) is 2.65. The average Bonchev–Trinajstić information content (AvgIpc) is 2.87. The zero-order chi connectivity index (χ0) is 11.1. The molecule has 3 rings (SSSR count). The maximum Gasteiger partial charge on any atom is -1.00 e. The van der Waals surface area contributed by atoms with Crippen LogP contribution in [0.5, 0.6) is 0 Å². The van der Waals surface area contributed by atoms with Gasteiger partial charge in [0.05, 0.1) is 0 Å². The summed E-state index contributed by atoms with van der Waals surface area (Å²) < 4.78 is 2.44. The maximum absolute atomic E-state index is 2.65. The number of rotatable bonds is 3. The van der Waals surface area contributed by atoms with Gasteiger partial charge in [-0.3, -0.25) is 0 Å². The van der Waals surface area contributed by atoms with Gasteiger partial charge in [-0.15, -0.1) is 0 Å². The molecule has 0 aromatic carbocycles. The van der Waals surface area contributed by atoms with Crippen molar-refractivity contribution in [2.75, 3.05) is 0 Å². The van der Waals surface area contributed by atoms with Crippen molar-refractivity contribution in [3.63, 3.8) is 0 Å². The molecule has 0 unspecified atom stereocenters. The fourth-order valence-corrected chi connectivity index (χ4v) is 14.8. The molecule has 0 spiro atoms. The van der Waals surface area contributed by atoms with E-state index in [0.29, 0.717) is 2.75 Å². The van der Waals surface area contributed by atoms with E-state index in [1.807, 2.05) is 0 Å². The molecule has 0 radical (unpaired) electrons. The van der Waals surface area contributed by atoms with Crippen LogP contribution >= 0.6 is 0 Å². The molecule has 18 heavy (non-hydrogen) atoms. The van der Waals surface area contributed by atoms with E-state index in [0.717, 1.165) is 0 Å². The normalized spacial score (nSPS) is 24.6. The van der Waals surface area contributed by atoms with Crippen molar-refractivity contribution in [3.05, 3.63) is 45.8 Å². The monoisotopic (exact) mass is 374 g/mol. The van der Waals surface area contributed by atoms with Crippen molar-refractivity contribution in [2.24, 2.45) is 0 Å². The quantitative estimate of drug-likeness (QED) is 0.512. The molecule has 3 aliphatic rings. The van der Waals surface area contributed by atoms with E-state index in [1.165, 1.54) is 12.8 Å². The van der Waals surface area contributed by atoms with Crippen LogP contribution in [0.15, 0.2) is 45.8 Å². The van der Waals surface area contributed by atoms with E-state index < -0.39 is 31.3 Å². The van der Waals surface area contributed by atoms with Crippen LogP contribution in [-0.4, -0.2) is 8.07 Å². The molecular formula is C14H18Cl2SiZr. The van der Waals surface area contributed by atoms with Gasteiger partial charge in [0, 0.05) is 0 Å². The Hall–Kier alpha value is 0.640. The summed E-state index contributed by atoms with van der Waals surface area (Å²) in [5.74, 6) is 0. The zero-order valence-electron chi connectivity index (χ0n) is 10.6. The minimum atomic E-state index is -0.948. The third-order valence-electron chi connectivity index (χ3n) is 4.42. The average molecular weight is 377 g/mol. The first kappa shape index (κ1) is 16.7. The number of halogens is 2. The van der Waals surface area contributed by atoms with Crippen LogP contribution in [0.2, 0.25) is 21.4 Å². The van der Waals surface area contributed by atoms with Gasteiger partial charge in [0.1, 0.15) is 0 Å². The number of allylic oxidation sites excluding steroid dienone is 8. The first-order valence-corrected chi connectivity index (χ1v) is 11.6. The van der Waals surface area contributed by atoms with Gasteiger partial charge in [-0.1, -0.05) is 0 Å². The molecule has 1 aliphatic heterocycles. The SMILES string of the molecule is C[Si]1([C]2([Zr+2][C]3=CC=CC3)C=CC=C2)CCC1.[Cl-].[Cl-]. The minimum Gasteiger partial charge on any atom is -1.00 e. The Labute approximate surface area is 135 Å². The molecule has 1 fully saturated rings. The van der Waals surface area contributed by atoms with Gasteiger partial charge in [0.25, 0.3) is 0 Å². The smallest absolute Gasteiger partial charge is 1.00 e. The molecule has 0 saturated carbocycles. The van der Waals surface area contributed by atoms with E-state index >= 15 is 0 Å². The van der Waals surface area contributed by atoms with E-state index in [-0.39, 0.29) is 24.8 Å². The van der Waals surface area contributed by atoms with Crippen LogP contribution in [0.4, 0.5) is 0 Å². The summed E-state index contributed by atoms with van der Waals surface area (Å²) in [5.41, 5.74) is 0. The molecule has 0 N–H and O–H groups in total. The van der Waals surface area contributed by atoms with Gasteiger partial charge in [0.2, 0.25) is 0 Å². The van der Waals surface area contributed by atoms with Crippen LogP contribution in [0.1, 0.15) is 12.8 Å². The zero-order valence-corrected chi connectivity index (χ0v) is 15.6. The molecule has 2 aliphatic carbocycles. The van der Waals surface area contributed by atoms with Gasteiger partial charge < -0.3 is 24.8 Å². The summed E-state index contributed by atoms with van der Waals surface area (Å²) in [6.07, 6.45) is 19.6. The molecule has 0 aromatic heterocycles. The van der Waals surface area contributed by atoms with Gasteiger partial charge >= 0.3 is 111 Å². The molecule has 4 heteroatoms. The maximum atomic E-state index is 2.65. The van der Waals surface area contributed by atoms with Crippen molar-refractivity contribution < 1.29 is 48.0 Å². The Bertz CT molecular complexity index is 408. The Morgan fingerprint density at radius 3 is 2.22 bits per heavy atom. The third-order valence-corrected chi connectivity index (χ3v) is 18.4. The fourth-order valence-electron chi connectivity index (χ4n) is 3.03. The van der Waals surface area contributed by atoms with Crippen molar-refractivity contribution in [1.82, 2.24) is 0 Å². The van der Waals surface area contributed by atoms with Gasteiger partial charge in [-0.2, -0.15) is 0 Å². The van der Waals surface area contributed by atoms with Gasteiger partial charge in [0.15, 0.2) is 0 Å². The van der Waals surface area contributed by atoms with E-state index in [9.17, 15) is 0 Å². The predicted octanol–water partition coefficient (Wildman–Crippen LogP) is -1.77. The van der Waals surface area contributed by atoms with Crippen LogP contribution in [0.25, 0.3) is 0 Å². The number of hydrogen-bond acceptors (Lipinski definition) is 0. The third kappa shape index (κ3) is 2.73. The Kier molecular flexibility index (Phi) is 5.93. The topological polar surface area (TPSA) is 0 Å². The summed E-state index contributed by atoms with van der Waals surface area (Å²) in [6, 6.07) is 3.15. The Morgan fingerprint density at radius 1 is 1.11 bits per heavy atom. The van der Waals surface area contributed by atoms with E-state index in [1.54, 1.807) is 15.4 Å². The first-order valence-electron chi connectivity index (χ1n) is 6.25. The van der Waals surface area contributed by atoms with Gasteiger partial charge in [-0.05, 0) is 0 Å². The van der Waals surface area contributed by atoms with E-state index in [2.05, 4.69) is 49.1 Å². The number of hydrogen-bond donors (Lipinski definition) is 0. The Morgan fingerprint density at radius 2 is 1.78 bits per heavy atom. The summed E-state index contributed by atoms with van der Waals surface area (Å²) in [5, 5.41) is 0. The molecular weight excluding hydrogens is 358 g/mol. The molecule has 1 saturated heterocycles. The van der Waals surface area contributed by atoms with Crippen LogP contribution < -0.4 is 24.8 Å². The largest absolute Gasteiger partial charge is 1.00 e. The minimum absolute atomic E-state index is 0. The molecule has 0 amide bonds. The van der Waals surface area contributed by atoms with Crippen molar-refractivity contribution in [3.8, 4) is 0 Å². The fraction of sp³-hybridized carbons (Fsp3) is 0.429. The molecule has 0 aromatic rings. The summed E-state index contributed by atoms with van der Waals surface area (Å²) >= 11 is -0.435. The van der Waals surface area contributed by atoms with Crippen molar-refractivity contribution in [2.45, 2.75) is 34.2 Å². The summed E-state index contributed by atoms with van der Waals surface area (Å²) in [4.78, 5) is 0. The van der Waals surface area contributed by atoms with Crippen molar-refractivity contribution in [1.29, 1.82) is 0 Å². The molecule has 0 bridgehead atoms. The molecule has 96 valence electrons. The Balaban J connectivity index is 0.000000810. The van der Waals surface area contributed by atoms with Crippen LogP contribution in [0.3, 0.4) is 0 Å². The van der Waals surface area contributed by atoms with Crippen LogP contribution in [0, 0.1) is 0 Å². The standard InChI is InChI=1S/C9H13Si.C5H5.2ClH.Zr/c1-10(7-4-8-10)9-5-2-3-6-9;1-2-4-5-3-1;;;/h2-3,5-6H,4,7-8H2,1H3;1-3H,4H2;2*1H;/q;;;;+2/p-2. The van der Waals surface area contributed by atoms with Crippen LogP contribution in [-0.2, 0) is 23.2 Å². The predicted molar refractivity (Wildman–Crippen MR) is 68.7 cm³/mol. The molecule has 0 atom stereocenters. The van der Waals surface area contributed by atoms with Crippen molar-refractivity contribution >= 4 is 8.07 Å². The van der Waals surface area contributed by atoms with E-state index in [4.69, 9.17) is 0 Å². The second-order valence-corrected chi connectivity index (χ2v) is 15.9.